The first-order valence-corrected chi connectivity index (χ1v) is 6.48. The van der Waals surface area contributed by atoms with Crippen LogP contribution in [0.15, 0.2) is 12.1 Å². The molecule has 0 radical (unpaired) electrons. The SMILES string of the molecule is Cc1cc2c(cc1CNCCCCC(=O)O)OCO2. The zero-order valence-electron chi connectivity index (χ0n) is 11.1. The molecule has 0 unspecified atom stereocenters. The van der Waals surface area contributed by atoms with Crippen molar-refractivity contribution in [3.05, 3.63) is 23.3 Å². The Morgan fingerprint density at radius 2 is 2.05 bits per heavy atom. The molecule has 0 atom stereocenters. The summed E-state index contributed by atoms with van der Waals surface area (Å²) >= 11 is 0. The number of unbranched alkanes of at least 4 members (excludes halogenated alkanes) is 1. The largest absolute Gasteiger partial charge is 0.481 e. The topological polar surface area (TPSA) is 67.8 Å². The minimum atomic E-state index is -0.730. The third kappa shape index (κ3) is 3.86. The summed E-state index contributed by atoms with van der Waals surface area (Å²) in [7, 11) is 0. The van der Waals surface area contributed by atoms with Gasteiger partial charge in [-0.05, 0) is 49.6 Å². The Hall–Kier alpha value is -1.75. The lowest BCUT2D eigenvalue weighted by molar-refractivity contribution is -0.137. The molecule has 1 aromatic rings. The van der Waals surface area contributed by atoms with Gasteiger partial charge in [0.25, 0.3) is 0 Å². The van der Waals surface area contributed by atoms with Crippen LogP contribution < -0.4 is 14.8 Å². The summed E-state index contributed by atoms with van der Waals surface area (Å²) in [6.07, 6.45) is 1.82. The molecule has 1 heterocycles. The van der Waals surface area contributed by atoms with Gasteiger partial charge in [0.1, 0.15) is 0 Å². The van der Waals surface area contributed by atoms with Gasteiger partial charge in [0, 0.05) is 13.0 Å². The number of ether oxygens (including phenoxy) is 2. The molecule has 0 aromatic heterocycles. The minimum absolute atomic E-state index is 0.241. The molecule has 0 fully saturated rings. The maximum absolute atomic E-state index is 10.4. The summed E-state index contributed by atoms with van der Waals surface area (Å²) in [5, 5.41) is 11.8. The van der Waals surface area contributed by atoms with Crippen molar-refractivity contribution < 1.29 is 19.4 Å². The highest BCUT2D eigenvalue weighted by Gasteiger charge is 2.15. The van der Waals surface area contributed by atoms with Crippen molar-refractivity contribution in [3.8, 4) is 11.5 Å². The van der Waals surface area contributed by atoms with Crippen LogP contribution in [0.5, 0.6) is 11.5 Å². The lowest BCUT2D eigenvalue weighted by atomic mass is 10.1. The molecule has 1 aromatic carbocycles. The van der Waals surface area contributed by atoms with Crippen LogP contribution in [0.1, 0.15) is 30.4 Å². The minimum Gasteiger partial charge on any atom is -0.481 e. The van der Waals surface area contributed by atoms with E-state index in [1.165, 1.54) is 11.1 Å². The molecule has 0 aliphatic carbocycles. The van der Waals surface area contributed by atoms with Crippen LogP contribution >= 0.6 is 0 Å². The number of fused-ring (bicyclic) bond motifs is 1. The van der Waals surface area contributed by atoms with Crippen molar-refractivity contribution in [3.63, 3.8) is 0 Å². The van der Waals surface area contributed by atoms with E-state index < -0.39 is 5.97 Å². The standard InChI is InChI=1S/C14H19NO4/c1-10-6-12-13(19-9-18-12)7-11(10)8-15-5-3-2-4-14(16)17/h6-7,15H,2-5,8-9H2,1H3,(H,16,17). The predicted octanol–water partition coefficient (Wildman–Crippen LogP) is 2.07. The smallest absolute Gasteiger partial charge is 0.303 e. The van der Waals surface area contributed by atoms with Gasteiger partial charge in [0.2, 0.25) is 6.79 Å². The van der Waals surface area contributed by atoms with Crippen molar-refractivity contribution >= 4 is 5.97 Å². The molecule has 19 heavy (non-hydrogen) atoms. The molecule has 104 valence electrons. The second-order valence-corrected chi connectivity index (χ2v) is 4.66. The van der Waals surface area contributed by atoms with Crippen molar-refractivity contribution in [1.82, 2.24) is 5.32 Å². The third-order valence-corrected chi connectivity index (χ3v) is 3.14. The Bertz CT molecular complexity index is 459. The average molecular weight is 265 g/mol. The Kier molecular flexibility index (Phi) is 4.63. The lowest BCUT2D eigenvalue weighted by Gasteiger charge is -2.09. The number of carboxylic acids is 1. The number of carboxylic acid groups (broad SMARTS) is 1. The Balaban J connectivity index is 1.75. The molecule has 2 rings (SSSR count). The van der Waals surface area contributed by atoms with E-state index in [1.54, 1.807) is 0 Å². The number of rotatable bonds is 7. The van der Waals surface area contributed by atoms with Gasteiger partial charge >= 0.3 is 5.97 Å². The maximum atomic E-state index is 10.4. The summed E-state index contributed by atoms with van der Waals surface area (Å²) in [6.45, 7) is 3.92. The molecule has 5 nitrogen and oxygen atoms in total. The van der Waals surface area contributed by atoms with E-state index in [0.717, 1.165) is 31.0 Å². The second-order valence-electron chi connectivity index (χ2n) is 4.66. The highest BCUT2D eigenvalue weighted by Crippen LogP contribution is 2.34. The first kappa shape index (κ1) is 13.7. The summed E-state index contributed by atoms with van der Waals surface area (Å²) in [5.41, 5.74) is 2.35. The highest BCUT2D eigenvalue weighted by molar-refractivity contribution is 5.66. The number of benzene rings is 1. The van der Waals surface area contributed by atoms with Crippen molar-refractivity contribution in [2.75, 3.05) is 13.3 Å². The van der Waals surface area contributed by atoms with Crippen LogP contribution in [0.4, 0.5) is 0 Å². The van der Waals surface area contributed by atoms with Crippen molar-refractivity contribution in [2.45, 2.75) is 32.7 Å². The van der Waals surface area contributed by atoms with Crippen LogP contribution in [0.2, 0.25) is 0 Å². The number of hydrogen-bond donors (Lipinski definition) is 2. The van der Waals surface area contributed by atoms with Crippen LogP contribution in [0.3, 0.4) is 0 Å². The van der Waals surface area contributed by atoms with Gasteiger partial charge in [-0.2, -0.15) is 0 Å². The monoisotopic (exact) mass is 265 g/mol. The number of aryl methyl sites for hydroxylation is 1. The van der Waals surface area contributed by atoms with Gasteiger partial charge in [0.05, 0.1) is 0 Å². The van der Waals surface area contributed by atoms with Gasteiger partial charge < -0.3 is 19.9 Å². The predicted molar refractivity (Wildman–Crippen MR) is 70.5 cm³/mol. The van der Waals surface area contributed by atoms with Crippen LogP contribution in [-0.2, 0) is 11.3 Å². The van der Waals surface area contributed by atoms with Gasteiger partial charge in [-0.15, -0.1) is 0 Å². The lowest BCUT2D eigenvalue weighted by Crippen LogP contribution is -2.15. The summed E-state index contributed by atoms with van der Waals surface area (Å²) < 4.78 is 10.7. The van der Waals surface area contributed by atoms with Crippen LogP contribution in [0, 0.1) is 6.92 Å². The maximum Gasteiger partial charge on any atom is 0.303 e. The summed E-state index contributed by atoms with van der Waals surface area (Å²) in [4.78, 5) is 10.4. The third-order valence-electron chi connectivity index (χ3n) is 3.14. The fourth-order valence-corrected chi connectivity index (χ4v) is 2.03. The van der Waals surface area contributed by atoms with E-state index >= 15 is 0 Å². The molecular weight excluding hydrogens is 246 g/mol. The van der Waals surface area contributed by atoms with E-state index in [0.29, 0.717) is 13.2 Å². The molecule has 1 aliphatic rings. The summed E-state index contributed by atoms with van der Waals surface area (Å²) in [5.74, 6) is 0.877. The van der Waals surface area contributed by atoms with Crippen molar-refractivity contribution in [1.29, 1.82) is 0 Å². The molecular formula is C14H19NO4. The van der Waals surface area contributed by atoms with E-state index in [9.17, 15) is 4.79 Å². The average Bonchev–Trinajstić information content (AvgIpc) is 2.80. The van der Waals surface area contributed by atoms with Crippen LogP contribution in [-0.4, -0.2) is 24.4 Å². The molecule has 0 saturated carbocycles. The highest BCUT2D eigenvalue weighted by atomic mass is 16.7. The normalized spacial score (nSPS) is 12.7. The fourth-order valence-electron chi connectivity index (χ4n) is 2.03. The fraction of sp³-hybridized carbons (Fsp3) is 0.500. The Labute approximate surface area is 112 Å². The molecule has 0 saturated heterocycles. The van der Waals surface area contributed by atoms with Gasteiger partial charge in [0.15, 0.2) is 11.5 Å². The molecule has 0 amide bonds. The van der Waals surface area contributed by atoms with E-state index in [2.05, 4.69) is 5.32 Å². The van der Waals surface area contributed by atoms with Gasteiger partial charge in [-0.25, -0.2) is 0 Å². The Morgan fingerprint density at radius 3 is 2.79 bits per heavy atom. The quantitative estimate of drug-likeness (QED) is 0.739. The Morgan fingerprint density at radius 1 is 1.32 bits per heavy atom. The van der Waals surface area contributed by atoms with Gasteiger partial charge in [-0.1, -0.05) is 0 Å². The first-order chi connectivity index (χ1) is 9.16. The van der Waals surface area contributed by atoms with E-state index in [1.807, 2.05) is 19.1 Å². The zero-order chi connectivity index (χ0) is 13.7. The van der Waals surface area contributed by atoms with Crippen molar-refractivity contribution in [2.24, 2.45) is 0 Å². The summed E-state index contributed by atoms with van der Waals surface area (Å²) in [6, 6.07) is 3.99. The molecule has 5 heteroatoms. The zero-order valence-corrected chi connectivity index (χ0v) is 11.1. The van der Waals surface area contributed by atoms with E-state index in [4.69, 9.17) is 14.6 Å². The molecule has 0 bridgehead atoms. The molecule has 1 aliphatic heterocycles. The second kappa shape index (κ2) is 6.43. The van der Waals surface area contributed by atoms with Gasteiger partial charge in [-0.3, -0.25) is 4.79 Å². The van der Waals surface area contributed by atoms with E-state index in [-0.39, 0.29) is 6.42 Å². The number of aliphatic carboxylic acids is 1. The number of carbonyl (C=O) groups is 1. The number of nitrogens with one attached hydrogen (secondary N) is 1. The molecule has 2 N–H and O–H groups in total. The first-order valence-electron chi connectivity index (χ1n) is 6.48. The number of hydrogen-bond acceptors (Lipinski definition) is 4. The molecule has 0 spiro atoms. The van der Waals surface area contributed by atoms with Crippen LogP contribution in [0.25, 0.3) is 0 Å².